The summed E-state index contributed by atoms with van der Waals surface area (Å²) in [4.78, 5) is 14.9. The Morgan fingerprint density at radius 1 is 1.07 bits per heavy atom. The Kier molecular flexibility index (Phi) is 6.24. The highest BCUT2D eigenvalue weighted by molar-refractivity contribution is 7.92. The Morgan fingerprint density at radius 2 is 1.71 bits per heavy atom. The second-order valence-electron chi connectivity index (χ2n) is 7.04. The molecule has 1 aliphatic heterocycles. The van der Waals surface area contributed by atoms with Gasteiger partial charge < -0.3 is 10.2 Å². The number of para-hydroxylation sites is 1. The summed E-state index contributed by atoms with van der Waals surface area (Å²) in [6, 6.07) is 14.9. The van der Waals surface area contributed by atoms with Gasteiger partial charge in [-0.25, -0.2) is 8.42 Å². The summed E-state index contributed by atoms with van der Waals surface area (Å²) in [7, 11) is -3.59. The average Bonchev–Trinajstić information content (AvgIpc) is 3.20. The quantitative estimate of drug-likeness (QED) is 0.773. The zero-order valence-corrected chi connectivity index (χ0v) is 17.2. The molecule has 0 spiro atoms. The molecule has 150 valence electrons. The monoisotopic (exact) mass is 401 g/mol. The first-order chi connectivity index (χ1) is 13.4. The largest absolute Gasteiger partial charge is 0.372 e. The zero-order chi connectivity index (χ0) is 20.1. The molecule has 2 aromatic carbocycles. The number of carbonyl (C=O) groups is 1. The van der Waals surface area contributed by atoms with Crippen molar-refractivity contribution in [2.45, 2.75) is 26.2 Å². The summed E-state index contributed by atoms with van der Waals surface area (Å²) in [6.45, 7) is 3.82. The van der Waals surface area contributed by atoms with Crippen molar-refractivity contribution >= 4 is 33.0 Å². The van der Waals surface area contributed by atoms with Crippen LogP contribution in [-0.2, 0) is 21.2 Å². The molecule has 0 aliphatic carbocycles. The summed E-state index contributed by atoms with van der Waals surface area (Å²) in [5, 5.41) is 2.81. The fraction of sp³-hybridized carbons (Fsp3) is 0.381. The third kappa shape index (κ3) is 4.84. The predicted octanol–water partition coefficient (Wildman–Crippen LogP) is 3.25. The van der Waals surface area contributed by atoms with Crippen molar-refractivity contribution in [3.63, 3.8) is 0 Å². The first-order valence-corrected chi connectivity index (χ1v) is 11.4. The lowest BCUT2D eigenvalue weighted by molar-refractivity contribution is -0.114. The van der Waals surface area contributed by atoms with E-state index < -0.39 is 10.0 Å². The maximum atomic E-state index is 12.6. The van der Waals surface area contributed by atoms with Crippen LogP contribution in [0.5, 0.6) is 0 Å². The normalized spacial score (nSPS) is 14.1. The highest BCUT2D eigenvalue weighted by atomic mass is 32.2. The molecular formula is C21H27N3O3S. The second kappa shape index (κ2) is 8.65. The van der Waals surface area contributed by atoms with Gasteiger partial charge in [0.15, 0.2) is 0 Å². The Bertz CT molecular complexity index is 920. The fourth-order valence-electron chi connectivity index (χ4n) is 3.50. The van der Waals surface area contributed by atoms with E-state index in [0.717, 1.165) is 30.6 Å². The molecule has 0 aromatic heterocycles. The van der Waals surface area contributed by atoms with Gasteiger partial charge in [-0.3, -0.25) is 9.10 Å². The molecule has 7 heteroatoms. The van der Waals surface area contributed by atoms with Gasteiger partial charge in [-0.1, -0.05) is 25.1 Å². The van der Waals surface area contributed by atoms with Crippen LogP contribution < -0.4 is 14.5 Å². The van der Waals surface area contributed by atoms with Crippen LogP contribution in [0.3, 0.4) is 0 Å². The number of carbonyl (C=O) groups excluding carboxylic acids is 1. The van der Waals surface area contributed by atoms with Crippen LogP contribution in [0.2, 0.25) is 0 Å². The van der Waals surface area contributed by atoms with Crippen LogP contribution in [0.25, 0.3) is 0 Å². The number of rotatable bonds is 7. The van der Waals surface area contributed by atoms with Gasteiger partial charge in [0.05, 0.1) is 11.9 Å². The molecular weight excluding hydrogens is 374 g/mol. The number of aryl methyl sites for hydroxylation is 1. The van der Waals surface area contributed by atoms with E-state index in [4.69, 9.17) is 0 Å². The van der Waals surface area contributed by atoms with Crippen molar-refractivity contribution in [3.8, 4) is 0 Å². The molecule has 0 atom stereocenters. The SMILES string of the molecule is CCc1ccccc1N(CC(=O)Nc1ccc(N2CCCC2)cc1)S(C)(=O)=O. The number of nitrogens with zero attached hydrogens (tertiary/aromatic N) is 2. The standard InChI is InChI=1S/C21H27N3O3S/c1-3-17-8-4-5-9-20(17)24(28(2,26)27)16-21(25)22-18-10-12-19(13-11-18)23-14-6-7-15-23/h4-5,8-13H,3,6-7,14-16H2,1-2H3,(H,22,25). The van der Waals surface area contributed by atoms with Gasteiger partial charge in [0.25, 0.3) is 0 Å². The minimum atomic E-state index is -3.59. The topological polar surface area (TPSA) is 69.7 Å². The van der Waals surface area contributed by atoms with Crippen LogP contribution in [0.15, 0.2) is 48.5 Å². The fourth-order valence-corrected chi connectivity index (χ4v) is 4.38. The van der Waals surface area contributed by atoms with Gasteiger partial charge in [-0.05, 0) is 55.2 Å². The van der Waals surface area contributed by atoms with E-state index in [9.17, 15) is 13.2 Å². The van der Waals surface area contributed by atoms with Crippen LogP contribution in [0.4, 0.5) is 17.1 Å². The minimum absolute atomic E-state index is 0.260. The third-order valence-electron chi connectivity index (χ3n) is 4.95. The lowest BCUT2D eigenvalue weighted by atomic mass is 10.1. The number of benzene rings is 2. The van der Waals surface area contributed by atoms with Gasteiger partial charge in [0.1, 0.15) is 6.54 Å². The lowest BCUT2D eigenvalue weighted by Gasteiger charge is -2.24. The summed E-state index contributed by atoms with van der Waals surface area (Å²) < 4.78 is 25.8. The number of amides is 1. The van der Waals surface area contributed by atoms with Crippen molar-refractivity contribution in [3.05, 3.63) is 54.1 Å². The number of sulfonamides is 1. The smallest absolute Gasteiger partial charge is 0.245 e. The van der Waals surface area contributed by atoms with Gasteiger partial charge >= 0.3 is 0 Å². The van der Waals surface area contributed by atoms with Crippen LogP contribution in [0, 0.1) is 0 Å². The van der Waals surface area contributed by atoms with Gasteiger partial charge in [-0.2, -0.15) is 0 Å². The van der Waals surface area contributed by atoms with E-state index in [1.807, 2.05) is 43.3 Å². The highest BCUT2D eigenvalue weighted by Crippen LogP contribution is 2.24. The molecule has 0 saturated carbocycles. The lowest BCUT2D eigenvalue weighted by Crippen LogP contribution is -2.38. The third-order valence-corrected chi connectivity index (χ3v) is 6.08. The van der Waals surface area contributed by atoms with E-state index in [0.29, 0.717) is 17.8 Å². The molecule has 0 bridgehead atoms. The van der Waals surface area contributed by atoms with E-state index >= 15 is 0 Å². The predicted molar refractivity (Wildman–Crippen MR) is 115 cm³/mol. The van der Waals surface area contributed by atoms with Crippen molar-refractivity contribution in [2.75, 3.05) is 40.4 Å². The Morgan fingerprint density at radius 3 is 2.32 bits per heavy atom. The summed E-state index contributed by atoms with van der Waals surface area (Å²) in [5.41, 5.74) is 3.23. The maximum absolute atomic E-state index is 12.6. The minimum Gasteiger partial charge on any atom is -0.372 e. The van der Waals surface area contributed by atoms with Crippen molar-refractivity contribution in [2.24, 2.45) is 0 Å². The average molecular weight is 402 g/mol. The van der Waals surface area contributed by atoms with Gasteiger partial charge in [-0.15, -0.1) is 0 Å². The van der Waals surface area contributed by atoms with Crippen molar-refractivity contribution in [1.29, 1.82) is 0 Å². The Labute approximate surface area is 167 Å². The number of anilines is 3. The molecule has 1 saturated heterocycles. The maximum Gasteiger partial charge on any atom is 0.245 e. The van der Waals surface area contributed by atoms with E-state index in [1.165, 1.54) is 17.1 Å². The molecule has 1 heterocycles. The molecule has 28 heavy (non-hydrogen) atoms. The molecule has 2 aromatic rings. The second-order valence-corrected chi connectivity index (χ2v) is 8.95. The molecule has 1 N–H and O–H groups in total. The van der Waals surface area contributed by atoms with Crippen molar-refractivity contribution < 1.29 is 13.2 Å². The van der Waals surface area contributed by atoms with Crippen LogP contribution in [-0.4, -0.2) is 40.2 Å². The Balaban J connectivity index is 1.72. The molecule has 1 amide bonds. The zero-order valence-electron chi connectivity index (χ0n) is 16.4. The summed E-state index contributed by atoms with van der Waals surface area (Å²) >= 11 is 0. The molecule has 0 unspecified atom stereocenters. The Hall–Kier alpha value is -2.54. The molecule has 0 radical (unpaired) electrons. The first-order valence-electron chi connectivity index (χ1n) is 9.59. The van der Waals surface area contributed by atoms with E-state index in [-0.39, 0.29) is 12.5 Å². The summed E-state index contributed by atoms with van der Waals surface area (Å²) in [6.07, 6.45) is 4.22. The highest BCUT2D eigenvalue weighted by Gasteiger charge is 2.23. The summed E-state index contributed by atoms with van der Waals surface area (Å²) in [5.74, 6) is -0.370. The van der Waals surface area contributed by atoms with Crippen LogP contribution in [0.1, 0.15) is 25.3 Å². The van der Waals surface area contributed by atoms with E-state index in [2.05, 4.69) is 10.2 Å². The molecule has 3 rings (SSSR count). The van der Waals surface area contributed by atoms with Gasteiger partial charge in [0.2, 0.25) is 15.9 Å². The molecule has 1 fully saturated rings. The van der Waals surface area contributed by atoms with E-state index in [1.54, 1.807) is 12.1 Å². The number of nitrogens with one attached hydrogen (secondary N) is 1. The van der Waals surface area contributed by atoms with Gasteiger partial charge in [0, 0.05) is 24.5 Å². The molecule has 1 aliphatic rings. The van der Waals surface area contributed by atoms with Crippen LogP contribution >= 0.6 is 0 Å². The number of hydrogen-bond acceptors (Lipinski definition) is 4. The first kappa shape index (κ1) is 20.2. The van der Waals surface area contributed by atoms with Crippen molar-refractivity contribution in [1.82, 2.24) is 0 Å². The molecule has 6 nitrogen and oxygen atoms in total. The number of hydrogen-bond donors (Lipinski definition) is 1.